The van der Waals surface area contributed by atoms with E-state index in [0.29, 0.717) is 17.1 Å². The van der Waals surface area contributed by atoms with Crippen LogP contribution in [0.15, 0.2) is 42.5 Å². The highest BCUT2D eigenvalue weighted by molar-refractivity contribution is 6.30. The molecule has 3 rings (SSSR count). The zero-order valence-electron chi connectivity index (χ0n) is 14.2. The normalized spacial score (nSPS) is 11.0. The van der Waals surface area contributed by atoms with Crippen molar-refractivity contribution in [3.05, 3.63) is 69.9 Å². The molecule has 24 heavy (non-hydrogen) atoms. The van der Waals surface area contributed by atoms with Gasteiger partial charge in [-0.2, -0.15) is 0 Å². The second kappa shape index (κ2) is 6.70. The monoisotopic (exact) mass is 340 g/mol. The molecule has 0 aliphatic rings. The molecule has 0 aliphatic heterocycles. The Bertz CT molecular complexity index is 894. The molecular weight excluding hydrogens is 320 g/mol. The number of hydrogen-bond acceptors (Lipinski definition) is 1. The first kappa shape index (κ1) is 16.6. The molecule has 0 spiro atoms. The molecule has 1 N–H and O–H groups in total. The average molecular weight is 341 g/mol. The van der Waals surface area contributed by atoms with Gasteiger partial charge in [-0.25, -0.2) is 0 Å². The Morgan fingerprint density at radius 3 is 2.50 bits per heavy atom. The van der Waals surface area contributed by atoms with Crippen LogP contribution in [0.3, 0.4) is 0 Å². The Balaban J connectivity index is 1.82. The molecule has 0 saturated carbocycles. The maximum atomic E-state index is 12.5. The summed E-state index contributed by atoms with van der Waals surface area (Å²) in [4.78, 5) is 12.5. The molecule has 0 atom stereocenters. The van der Waals surface area contributed by atoms with Crippen molar-refractivity contribution in [1.82, 2.24) is 9.88 Å². The third kappa shape index (κ3) is 3.04. The van der Waals surface area contributed by atoms with Gasteiger partial charge in [-0.05, 0) is 62.2 Å². The van der Waals surface area contributed by atoms with Crippen molar-refractivity contribution in [2.75, 3.05) is 0 Å². The van der Waals surface area contributed by atoms with Crippen molar-refractivity contribution < 1.29 is 4.79 Å². The van der Waals surface area contributed by atoms with E-state index < -0.39 is 0 Å². The molecule has 124 valence electrons. The van der Waals surface area contributed by atoms with Gasteiger partial charge in [0.1, 0.15) is 0 Å². The number of halogens is 1. The Morgan fingerprint density at radius 1 is 1.12 bits per heavy atom. The van der Waals surface area contributed by atoms with Crippen LogP contribution in [0.1, 0.15) is 34.1 Å². The van der Waals surface area contributed by atoms with Gasteiger partial charge in [-0.3, -0.25) is 4.79 Å². The molecule has 3 aromatic rings. The summed E-state index contributed by atoms with van der Waals surface area (Å²) in [6.45, 7) is 7.79. The van der Waals surface area contributed by atoms with E-state index in [1.54, 1.807) is 0 Å². The zero-order chi connectivity index (χ0) is 17.3. The van der Waals surface area contributed by atoms with Gasteiger partial charge < -0.3 is 9.88 Å². The first-order chi connectivity index (χ1) is 11.5. The van der Waals surface area contributed by atoms with Crippen LogP contribution in [0.4, 0.5) is 0 Å². The summed E-state index contributed by atoms with van der Waals surface area (Å²) >= 11 is 5.88. The van der Waals surface area contributed by atoms with Crippen LogP contribution in [-0.2, 0) is 13.1 Å². The van der Waals surface area contributed by atoms with Gasteiger partial charge in [0.2, 0.25) is 0 Å². The fraction of sp³-hybridized carbons (Fsp3) is 0.250. The van der Waals surface area contributed by atoms with E-state index in [4.69, 9.17) is 11.6 Å². The Labute approximate surface area is 147 Å². The van der Waals surface area contributed by atoms with Gasteiger partial charge in [0, 0.05) is 40.3 Å². The van der Waals surface area contributed by atoms with Gasteiger partial charge in [-0.1, -0.05) is 23.7 Å². The SMILES string of the molecule is CCn1c(C)c(C)c2cc(C(=O)NCc3ccc(Cl)cc3)ccc21. The number of aromatic nitrogens is 1. The van der Waals surface area contributed by atoms with Gasteiger partial charge in [0.05, 0.1) is 0 Å². The third-order valence-corrected chi connectivity index (χ3v) is 4.84. The van der Waals surface area contributed by atoms with E-state index in [0.717, 1.165) is 17.5 Å². The van der Waals surface area contributed by atoms with Gasteiger partial charge in [0.25, 0.3) is 5.91 Å². The van der Waals surface area contributed by atoms with E-state index in [-0.39, 0.29) is 5.91 Å². The highest BCUT2D eigenvalue weighted by Crippen LogP contribution is 2.26. The molecule has 0 unspecified atom stereocenters. The lowest BCUT2D eigenvalue weighted by Crippen LogP contribution is -2.22. The fourth-order valence-electron chi connectivity index (χ4n) is 3.09. The second-order valence-electron chi connectivity index (χ2n) is 6.00. The van der Waals surface area contributed by atoms with Crippen LogP contribution in [0.25, 0.3) is 10.9 Å². The minimum absolute atomic E-state index is 0.0619. The first-order valence-corrected chi connectivity index (χ1v) is 8.51. The zero-order valence-corrected chi connectivity index (χ0v) is 14.9. The number of nitrogens with zero attached hydrogens (tertiary/aromatic N) is 1. The first-order valence-electron chi connectivity index (χ1n) is 8.13. The fourth-order valence-corrected chi connectivity index (χ4v) is 3.21. The molecule has 0 saturated heterocycles. The van der Waals surface area contributed by atoms with Crippen LogP contribution < -0.4 is 5.32 Å². The highest BCUT2D eigenvalue weighted by atomic mass is 35.5. The number of amides is 1. The topological polar surface area (TPSA) is 34.0 Å². The summed E-state index contributed by atoms with van der Waals surface area (Å²) < 4.78 is 2.28. The number of rotatable bonds is 4. The molecule has 0 aliphatic carbocycles. The van der Waals surface area contributed by atoms with E-state index in [9.17, 15) is 4.79 Å². The number of aryl methyl sites for hydroxylation is 2. The summed E-state index contributed by atoms with van der Waals surface area (Å²) in [5.41, 5.74) is 5.39. The van der Waals surface area contributed by atoms with Crippen molar-refractivity contribution in [3.8, 4) is 0 Å². The van der Waals surface area contributed by atoms with E-state index >= 15 is 0 Å². The number of fused-ring (bicyclic) bond motifs is 1. The number of carbonyl (C=O) groups excluding carboxylic acids is 1. The van der Waals surface area contributed by atoms with E-state index in [1.807, 2.05) is 42.5 Å². The maximum absolute atomic E-state index is 12.5. The highest BCUT2D eigenvalue weighted by Gasteiger charge is 2.13. The molecule has 0 bridgehead atoms. The van der Waals surface area contributed by atoms with Crippen molar-refractivity contribution in [2.45, 2.75) is 33.9 Å². The average Bonchev–Trinajstić information content (AvgIpc) is 2.84. The molecule has 3 nitrogen and oxygen atoms in total. The maximum Gasteiger partial charge on any atom is 0.251 e. The third-order valence-electron chi connectivity index (χ3n) is 4.58. The molecule has 2 aromatic carbocycles. The van der Waals surface area contributed by atoms with Crippen molar-refractivity contribution >= 4 is 28.4 Å². The summed E-state index contributed by atoms with van der Waals surface area (Å²) in [6, 6.07) is 13.4. The van der Waals surface area contributed by atoms with Crippen molar-refractivity contribution in [2.24, 2.45) is 0 Å². The Morgan fingerprint density at radius 2 is 1.83 bits per heavy atom. The molecule has 0 radical (unpaired) electrons. The lowest BCUT2D eigenvalue weighted by atomic mass is 10.1. The number of nitrogens with one attached hydrogen (secondary N) is 1. The molecule has 1 aromatic heterocycles. The Kier molecular flexibility index (Phi) is 4.63. The number of hydrogen-bond donors (Lipinski definition) is 1. The molecule has 1 heterocycles. The summed E-state index contributed by atoms with van der Waals surface area (Å²) in [5, 5.41) is 4.81. The van der Waals surface area contributed by atoms with Crippen LogP contribution in [0, 0.1) is 13.8 Å². The van der Waals surface area contributed by atoms with Crippen LogP contribution in [0.5, 0.6) is 0 Å². The smallest absolute Gasteiger partial charge is 0.251 e. The Hall–Kier alpha value is -2.26. The lowest BCUT2D eigenvalue weighted by molar-refractivity contribution is 0.0951. The molecular formula is C20H21ClN2O. The van der Waals surface area contributed by atoms with Gasteiger partial charge in [-0.15, -0.1) is 0 Å². The largest absolute Gasteiger partial charge is 0.348 e. The summed E-state index contributed by atoms with van der Waals surface area (Å²) in [6.07, 6.45) is 0. The quantitative estimate of drug-likeness (QED) is 0.723. The van der Waals surface area contributed by atoms with Crippen molar-refractivity contribution in [1.29, 1.82) is 0 Å². The molecule has 0 fully saturated rings. The molecule has 4 heteroatoms. The van der Waals surface area contributed by atoms with Crippen LogP contribution in [0.2, 0.25) is 5.02 Å². The van der Waals surface area contributed by atoms with E-state index in [2.05, 4.69) is 30.7 Å². The van der Waals surface area contributed by atoms with Gasteiger partial charge in [0.15, 0.2) is 0 Å². The van der Waals surface area contributed by atoms with Crippen molar-refractivity contribution in [3.63, 3.8) is 0 Å². The predicted octanol–water partition coefficient (Wildman–Crippen LogP) is 4.86. The van der Waals surface area contributed by atoms with Crippen LogP contribution >= 0.6 is 11.6 Å². The van der Waals surface area contributed by atoms with E-state index in [1.165, 1.54) is 16.8 Å². The molecule has 1 amide bonds. The van der Waals surface area contributed by atoms with Gasteiger partial charge >= 0.3 is 0 Å². The minimum atomic E-state index is -0.0619. The second-order valence-corrected chi connectivity index (χ2v) is 6.43. The standard InChI is InChI=1S/C20H21ClN2O/c1-4-23-14(3)13(2)18-11-16(7-10-19(18)23)20(24)22-12-15-5-8-17(21)9-6-15/h5-11H,4,12H2,1-3H3,(H,22,24). The minimum Gasteiger partial charge on any atom is -0.348 e. The summed E-state index contributed by atoms with van der Waals surface area (Å²) in [5.74, 6) is -0.0619. The predicted molar refractivity (Wildman–Crippen MR) is 99.7 cm³/mol. The lowest BCUT2D eigenvalue weighted by Gasteiger charge is -2.07. The van der Waals surface area contributed by atoms with Crippen LogP contribution in [-0.4, -0.2) is 10.5 Å². The number of carbonyl (C=O) groups is 1. The summed E-state index contributed by atoms with van der Waals surface area (Å²) in [7, 11) is 0. The number of benzene rings is 2.